The second kappa shape index (κ2) is 6.03. The minimum atomic E-state index is 0.109. The maximum Gasteiger partial charge on any atom is 0.289 e. The summed E-state index contributed by atoms with van der Waals surface area (Å²) in [7, 11) is 0. The van der Waals surface area contributed by atoms with Gasteiger partial charge in [-0.3, -0.25) is 0 Å². The topological polar surface area (TPSA) is 63.2 Å². The number of phenolic OH excluding ortho intramolecular Hbond substituents is 1. The van der Waals surface area contributed by atoms with Crippen molar-refractivity contribution in [1.29, 1.82) is 0 Å². The van der Waals surface area contributed by atoms with Gasteiger partial charge in [-0.2, -0.15) is 0 Å². The number of benzene rings is 2. The second-order valence-corrected chi connectivity index (χ2v) is 5.24. The van der Waals surface area contributed by atoms with Crippen molar-refractivity contribution in [3.8, 4) is 17.2 Å². The number of hydrogen-bond donors (Lipinski definition) is 2. The van der Waals surface area contributed by atoms with Crippen LogP contribution in [0.4, 0.5) is 5.69 Å². The summed E-state index contributed by atoms with van der Waals surface area (Å²) < 4.78 is 6.99. The van der Waals surface area contributed by atoms with Gasteiger partial charge in [0.2, 0.25) is 0 Å². The molecule has 0 radical (unpaired) electrons. The molecule has 0 aliphatic rings. The lowest BCUT2D eigenvalue weighted by Gasteiger charge is -2.05. The van der Waals surface area contributed by atoms with E-state index >= 15 is 0 Å². The van der Waals surface area contributed by atoms with Gasteiger partial charge in [0.15, 0.2) is 0 Å². The quantitative estimate of drug-likeness (QED) is 0.714. The third-order valence-electron chi connectivity index (χ3n) is 3.23. The average Bonchev–Trinajstić information content (AvgIpc) is 2.88. The molecule has 1 heterocycles. The Morgan fingerprint density at radius 1 is 1.18 bits per heavy atom. The van der Waals surface area contributed by atoms with Gasteiger partial charge in [0.05, 0.1) is 5.56 Å². The van der Waals surface area contributed by atoms with Crippen LogP contribution in [0, 0.1) is 11.8 Å². The van der Waals surface area contributed by atoms with Gasteiger partial charge in [-0.15, -0.1) is 5.10 Å². The summed E-state index contributed by atoms with van der Waals surface area (Å²) in [5.41, 5.74) is 2.69. The first-order valence-corrected chi connectivity index (χ1v) is 7.21. The predicted molar refractivity (Wildman–Crippen MR) is 87.2 cm³/mol. The zero-order chi connectivity index (χ0) is 15.5. The third-order valence-corrected chi connectivity index (χ3v) is 3.52. The number of aromatic nitrogens is 2. The van der Waals surface area contributed by atoms with Gasteiger partial charge in [0.25, 0.3) is 10.7 Å². The molecule has 0 unspecified atom stereocenters. The number of nitrogens with zero attached hydrogens (tertiary/aromatic N) is 2. The molecular weight excluding hydrogens is 298 g/mol. The van der Waals surface area contributed by atoms with Crippen LogP contribution in [-0.2, 0) is 6.67 Å². The molecule has 0 atom stereocenters. The molecule has 0 saturated carbocycles. The largest absolute Gasteiger partial charge is 0.507 e. The van der Waals surface area contributed by atoms with Gasteiger partial charge in [0.1, 0.15) is 12.4 Å². The third kappa shape index (κ3) is 3.01. The van der Waals surface area contributed by atoms with Crippen LogP contribution in [0.1, 0.15) is 5.56 Å². The van der Waals surface area contributed by atoms with Gasteiger partial charge in [0, 0.05) is 5.69 Å². The Hall–Kier alpha value is -2.60. The van der Waals surface area contributed by atoms with E-state index in [0.717, 1.165) is 5.69 Å². The monoisotopic (exact) mass is 313 g/mol. The van der Waals surface area contributed by atoms with E-state index in [-0.39, 0.29) is 10.6 Å². The molecule has 2 aromatic carbocycles. The molecule has 0 bridgehead atoms. The van der Waals surface area contributed by atoms with Gasteiger partial charge < -0.3 is 14.8 Å². The highest BCUT2D eigenvalue weighted by atomic mass is 32.1. The van der Waals surface area contributed by atoms with Crippen molar-refractivity contribution in [1.82, 2.24) is 9.78 Å². The summed E-state index contributed by atoms with van der Waals surface area (Å²) in [6, 6.07) is 14.9. The Morgan fingerprint density at radius 2 is 1.91 bits per heavy atom. The molecule has 0 aliphatic carbocycles. The molecule has 6 heteroatoms. The molecule has 1 aromatic heterocycles. The van der Waals surface area contributed by atoms with E-state index in [9.17, 15) is 5.11 Å². The van der Waals surface area contributed by atoms with Crippen LogP contribution in [0.15, 0.2) is 52.9 Å². The van der Waals surface area contributed by atoms with Gasteiger partial charge in [-0.1, -0.05) is 29.8 Å². The fourth-order valence-electron chi connectivity index (χ4n) is 2.01. The first kappa shape index (κ1) is 14.3. The van der Waals surface area contributed by atoms with Gasteiger partial charge >= 0.3 is 0 Å². The van der Waals surface area contributed by atoms with E-state index in [0.29, 0.717) is 18.1 Å². The van der Waals surface area contributed by atoms with Crippen molar-refractivity contribution in [2.24, 2.45) is 0 Å². The highest BCUT2D eigenvalue weighted by molar-refractivity contribution is 7.71. The van der Waals surface area contributed by atoms with Crippen LogP contribution in [-0.4, -0.2) is 14.9 Å². The lowest BCUT2D eigenvalue weighted by molar-refractivity contribution is 0.471. The Bertz CT molecular complexity index is 837. The molecule has 22 heavy (non-hydrogen) atoms. The molecular formula is C16H15N3O2S. The van der Waals surface area contributed by atoms with Crippen LogP contribution < -0.4 is 5.32 Å². The number of nitrogens with one attached hydrogen (secondary N) is 1. The molecule has 0 aliphatic heterocycles. The van der Waals surface area contributed by atoms with E-state index in [2.05, 4.69) is 10.4 Å². The molecule has 2 N–H and O–H groups in total. The van der Waals surface area contributed by atoms with Crippen molar-refractivity contribution in [3.05, 3.63) is 58.9 Å². The van der Waals surface area contributed by atoms with Gasteiger partial charge in [-0.05, 0) is 43.4 Å². The molecule has 112 valence electrons. The normalized spacial score (nSPS) is 10.6. The minimum Gasteiger partial charge on any atom is -0.507 e. The first-order chi connectivity index (χ1) is 10.6. The zero-order valence-electron chi connectivity index (χ0n) is 12.0. The number of hydrogen-bond acceptors (Lipinski definition) is 5. The number of aromatic hydroxyl groups is 1. The summed E-state index contributed by atoms with van der Waals surface area (Å²) in [4.78, 5) is 0.248. The summed E-state index contributed by atoms with van der Waals surface area (Å²) >= 11 is 5.16. The Morgan fingerprint density at radius 3 is 2.64 bits per heavy atom. The van der Waals surface area contributed by atoms with Crippen molar-refractivity contribution >= 4 is 17.9 Å². The van der Waals surface area contributed by atoms with E-state index in [1.165, 1.54) is 10.2 Å². The second-order valence-electron chi connectivity index (χ2n) is 4.89. The van der Waals surface area contributed by atoms with Crippen molar-refractivity contribution < 1.29 is 9.52 Å². The zero-order valence-corrected chi connectivity index (χ0v) is 12.8. The summed E-state index contributed by atoms with van der Waals surface area (Å²) in [5, 5.41) is 17.4. The Balaban J connectivity index is 1.80. The predicted octanol–water partition coefficient (Wildman–Crippen LogP) is 3.96. The summed E-state index contributed by atoms with van der Waals surface area (Å²) in [6.07, 6.45) is 0. The Labute approximate surface area is 132 Å². The number of aryl methyl sites for hydroxylation is 1. The van der Waals surface area contributed by atoms with Crippen LogP contribution in [0.3, 0.4) is 0 Å². The average molecular weight is 313 g/mol. The summed E-state index contributed by atoms with van der Waals surface area (Å²) in [6.45, 7) is 2.43. The van der Waals surface area contributed by atoms with E-state index < -0.39 is 0 Å². The fraction of sp³-hybridized carbons (Fsp3) is 0.125. The van der Waals surface area contributed by atoms with Crippen LogP contribution in [0.2, 0.25) is 0 Å². The minimum absolute atomic E-state index is 0.109. The van der Waals surface area contributed by atoms with Gasteiger partial charge in [-0.25, -0.2) is 4.68 Å². The maximum absolute atomic E-state index is 9.84. The lowest BCUT2D eigenvalue weighted by atomic mass is 10.2. The first-order valence-electron chi connectivity index (χ1n) is 6.80. The molecule has 0 fully saturated rings. The Kier molecular flexibility index (Phi) is 3.93. The molecule has 5 nitrogen and oxygen atoms in total. The number of phenols is 1. The van der Waals surface area contributed by atoms with Crippen LogP contribution >= 0.6 is 12.2 Å². The SMILES string of the molecule is Cc1ccc(NCn2nc(-c3ccccc3O)oc2=S)cc1. The van der Waals surface area contributed by atoms with Crippen molar-refractivity contribution in [2.75, 3.05) is 5.32 Å². The maximum atomic E-state index is 9.84. The van der Waals surface area contributed by atoms with E-state index in [4.69, 9.17) is 16.6 Å². The number of para-hydroxylation sites is 1. The highest BCUT2D eigenvalue weighted by Gasteiger charge is 2.11. The molecule has 0 saturated heterocycles. The number of rotatable bonds is 4. The van der Waals surface area contributed by atoms with E-state index in [1.54, 1.807) is 24.3 Å². The lowest BCUT2D eigenvalue weighted by Crippen LogP contribution is -2.09. The number of anilines is 1. The fourth-order valence-corrected chi connectivity index (χ4v) is 2.19. The smallest absolute Gasteiger partial charge is 0.289 e. The molecule has 0 amide bonds. The standard InChI is InChI=1S/C16H15N3O2S/c1-11-6-8-12(9-7-11)17-10-19-16(22)21-15(18-19)13-4-2-3-5-14(13)20/h2-9,17,20H,10H2,1H3. The van der Waals surface area contributed by atoms with Crippen molar-refractivity contribution in [2.45, 2.75) is 13.6 Å². The van der Waals surface area contributed by atoms with Crippen LogP contribution in [0.25, 0.3) is 11.5 Å². The highest BCUT2D eigenvalue weighted by Crippen LogP contribution is 2.27. The molecule has 0 spiro atoms. The van der Waals surface area contributed by atoms with Crippen LogP contribution in [0.5, 0.6) is 5.75 Å². The molecule has 3 rings (SSSR count). The van der Waals surface area contributed by atoms with E-state index in [1.807, 2.05) is 31.2 Å². The molecule has 3 aromatic rings. The van der Waals surface area contributed by atoms with Crippen molar-refractivity contribution in [3.63, 3.8) is 0 Å². The summed E-state index contributed by atoms with van der Waals surface area (Å²) in [5.74, 6) is 0.409.